The lowest BCUT2D eigenvalue weighted by atomic mass is 10.1. The van der Waals surface area contributed by atoms with E-state index in [2.05, 4.69) is 11.6 Å². The van der Waals surface area contributed by atoms with E-state index in [0.29, 0.717) is 27.8 Å². The molecule has 1 aliphatic rings. The second kappa shape index (κ2) is 10.1. The number of rotatable bonds is 7. The Hall–Kier alpha value is -2.51. The number of hydrogen-bond donors (Lipinski definition) is 1. The van der Waals surface area contributed by atoms with Crippen LogP contribution in [0.5, 0.6) is 5.75 Å². The standard InChI is InChI=1S/C20H20ClNO5S/c1-4-9-27-14-8-7-12(10-13(14)21)11-15-18(24)17(20(25)26-6-3)19(28-15)22-16(23)5-2/h4,7-8,10-11,24H,1,5-6,9H2,2-3H3/b15-11-,22-19?. The largest absolute Gasteiger partial charge is 0.506 e. The first kappa shape index (κ1) is 21.8. The molecule has 28 heavy (non-hydrogen) atoms. The number of ether oxygens (including phenoxy) is 2. The van der Waals surface area contributed by atoms with Gasteiger partial charge in [-0.1, -0.05) is 49.0 Å². The van der Waals surface area contributed by atoms with Gasteiger partial charge >= 0.3 is 5.97 Å². The van der Waals surface area contributed by atoms with Crippen molar-refractivity contribution in [3.63, 3.8) is 0 Å². The highest BCUT2D eigenvalue weighted by molar-refractivity contribution is 8.18. The van der Waals surface area contributed by atoms with Crippen molar-refractivity contribution in [3.05, 3.63) is 57.7 Å². The van der Waals surface area contributed by atoms with Crippen molar-refractivity contribution in [1.29, 1.82) is 0 Å². The highest BCUT2D eigenvalue weighted by atomic mass is 35.5. The predicted octanol–water partition coefficient (Wildman–Crippen LogP) is 4.70. The Kier molecular flexibility index (Phi) is 7.90. The van der Waals surface area contributed by atoms with Crippen molar-refractivity contribution in [2.75, 3.05) is 13.2 Å². The van der Waals surface area contributed by atoms with E-state index in [9.17, 15) is 14.7 Å². The average Bonchev–Trinajstić information content (AvgIpc) is 2.96. The van der Waals surface area contributed by atoms with E-state index in [1.165, 1.54) is 0 Å². The van der Waals surface area contributed by atoms with E-state index in [-0.39, 0.29) is 29.4 Å². The monoisotopic (exact) mass is 421 g/mol. The summed E-state index contributed by atoms with van der Waals surface area (Å²) in [4.78, 5) is 28.2. The van der Waals surface area contributed by atoms with Crippen LogP contribution in [0, 0.1) is 0 Å². The first-order valence-corrected chi connectivity index (χ1v) is 9.76. The van der Waals surface area contributed by atoms with Crippen LogP contribution < -0.4 is 4.74 Å². The lowest BCUT2D eigenvalue weighted by Crippen LogP contribution is -2.14. The number of benzene rings is 1. The molecule has 6 nitrogen and oxygen atoms in total. The van der Waals surface area contributed by atoms with Gasteiger partial charge in [-0.3, -0.25) is 4.79 Å². The molecule has 1 heterocycles. The zero-order valence-electron chi connectivity index (χ0n) is 15.5. The number of aliphatic imine (C=N–C) groups is 1. The van der Waals surface area contributed by atoms with Crippen molar-refractivity contribution in [1.82, 2.24) is 0 Å². The van der Waals surface area contributed by atoms with E-state index in [1.54, 1.807) is 44.2 Å². The number of carbonyl (C=O) groups excluding carboxylic acids is 2. The van der Waals surface area contributed by atoms with Gasteiger partial charge in [0.2, 0.25) is 5.91 Å². The first-order valence-electron chi connectivity index (χ1n) is 8.56. The summed E-state index contributed by atoms with van der Waals surface area (Å²) in [5, 5.41) is 11.0. The molecule has 0 spiro atoms. The third-order valence-electron chi connectivity index (χ3n) is 3.51. The van der Waals surface area contributed by atoms with Crippen LogP contribution in [-0.4, -0.2) is 35.2 Å². The Balaban J connectivity index is 2.40. The van der Waals surface area contributed by atoms with Crippen molar-refractivity contribution >= 4 is 46.4 Å². The van der Waals surface area contributed by atoms with Crippen LogP contribution in [0.1, 0.15) is 25.8 Å². The summed E-state index contributed by atoms with van der Waals surface area (Å²) in [6.07, 6.45) is 3.43. The maximum absolute atomic E-state index is 12.2. The molecule has 8 heteroatoms. The fourth-order valence-electron chi connectivity index (χ4n) is 2.21. The van der Waals surface area contributed by atoms with Gasteiger partial charge in [-0.15, -0.1) is 0 Å². The molecule has 0 bridgehead atoms. The maximum atomic E-state index is 12.2. The molecule has 1 aromatic carbocycles. The number of halogens is 1. The summed E-state index contributed by atoms with van der Waals surface area (Å²) in [5.74, 6) is -0.908. The van der Waals surface area contributed by atoms with Gasteiger partial charge in [-0.05, 0) is 30.7 Å². The van der Waals surface area contributed by atoms with E-state index in [0.717, 1.165) is 11.8 Å². The van der Waals surface area contributed by atoms with E-state index in [4.69, 9.17) is 21.1 Å². The lowest BCUT2D eigenvalue weighted by Gasteiger charge is -2.06. The normalized spacial score (nSPS) is 16.5. The fraction of sp³-hybridized carbons (Fsp3) is 0.250. The molecule has 2 rings (SSSR count). The number of carbonyl (C=O) groups is 2. The average molecular weight is 422 g/mol. The number of esters is 1. The number of nitrogens with zero attached hydrogens (tertiary/aromatic N) is 1. The molecule has 1 aliphatic heterocycles. The Morgan fingerprint density at radius 3 is 2.71 bits per heavy atom. The predicted molar refractivity (Wildman–Crippen MR) is 112 cm³/mol. The van der Waals surface area contributed by atoms with Crippen LogP contribution in [-0.2, 0) is 14.3 Å². The molecule has 0 radical (unpaired) electrons. The van der Waals surface area contributed by atoms with Gasteiger partial charge in [0.15, 0.2) is 0 Å². The molecule has 1 aromatic rings. The summed E-state index contributed by atoms with van der Waals surface area (Å²) in [6, 6.07) is 5.11. The minimum Gasteiger partial charge on any atom is -0.506 e. The number of thioether (sulfide) groups is 1. The van der Waals surface area contributed by atoms with Crippen LogP contribution in [0.15, 0.2) is 52.1 Å². The molecule has 0 saturated carbocycles. The highest BCUT2D eigenvalue weighted by Crippen LogP contribution is 2.39. The Bertz CT molecular complexity index is 889. The fourth-order valence-corrected chi connectivity index (χ4v) is 3.48. The van der Waals surface area contributed by atoms with Gasteiger partial charge < -0.3 is 14.6 Å². The molecule has 0 aromatic heterocycles. The summed E-state index contributed by atoms with van der Waals surface area (Å²) in [5.41, 5.74) is 0.563. The number of aliphatic hydroxyl groups is 1. The minimum atomic E-state index is -0.732. The summed E-state index contributed by atoms with van der Waals surface area (Å²) in [7, 11) is 0. The Morgan fingerprint density at radius 1 is 1.36 bits per heavy atom. The number of amides is 1. The number of aliphatic hydroxyl groups excluding tert-OH is 1. The molecule has 148 valence electrons. The van der Waals surface area contributed by atoms with Crippen LogP contribution in [0.25, 0.3) is 6.08 Å². The summed E-state index contributed by atoms with van der Waals surface area (Å²) >= 11 is 7.23. The van der Waals surface area contributed by atoms with Crippen molar-refractivity contribution in [2.45, 2.75) is 20.3 Å². The maximum Gasteiger partial charge on any atom is 0.344 e. The minimum absolute atomic E-state index is 0.114. The Morgan fingerprint density at radius 2 is 2.11 bits per heavy atom. The zero-order valence-corrected chi connectivity index (χ0v) is 17.1. The first-order chi connectivity index (χ1) is 13.4. The third kappa shape index (κ3) is 5.27. The van der Waals surface area contributed by atoms with Crippen LogP contribution in [0.2, 0.25) is 5.02 Å². The van der Waals surface area contributed by atoms with Crippen LogP contribution in [0.3, 0.4) is 0 Å². The van der Waals surface area contributed by atoms with Crippen LogP contribution >= 0.6 is 23.4 Å². The quantitative estimate of drug-likeness (QED) is 0.507. The highest BCUT2D eigenvalue weighted by Gasteiger charge is 2.33. The number of hydrogen-bond acceptors (Lipinski definition) is 6. The smallest absolute Gasteiger partial charge is 0.344 e. The molecule has 0 saturated heterocycles. The van der Waals surface area contributed by atoms with E-state index in [1.807, 2.05) is 0 Å². The second-order valence-corrected chi connectivity index (χ2v) is 6.95. The molecular formula is C20H20ClNO5S. The molecular weight excluding hydrogens is 402 g/mol. The van der Waals surface area contributed by atoms with Gasteiger partial charge in [0.05, 0.1) is 16.5 Å². The Labute approximate surface area is 172 Å². The van der Waals surface area contributed by atoms with Gasteiger partial charge in [0.25, 0.3) is 0 Å². The van der Waals surface area contributed by atoms with Gasteiger partial charge in [-0.2, -0.15) is 0 Å². The topological polar surface area (TPSA) is 85.2 Å². The van der Waals surface area contributed by atoms with E-state index >= 15 is 0 Å². The lowest BCUT2D eigenvalue weighted by molar-refractivity contribution is -0.138. The molecule has 1 N–H and O–H groups in total. The second-order valence-electron chi connectivity index (χ2n) is 5.51. The molecule has 0 unspecified atom stereocenters. The van der Waals surface area contributed by atoms with Crippen molar-refractivity contribution < 1.29 is 24.2 Å². The van der Waals surface area contributed by atoms with Crippen LogP contribution in [0.4, 0.5) is 0 Å². The van der Waals surface area contributed by atoms with Crippen molar-refractivity contribution in [2.24, 2.45) is 4.99 Å². The zero-order chi connectivity index (χ0) is 20.7. The third-order valence-corrected chi connectivity index (χ3v) is 4.82. The summed E-state index contributed by atoms with van der Waals surface area (Å²) in [6.45, 7) is 7.36. The molecule has 0 atom stereocenters. The van der Waals surface area contributed by atoms with Gasteiger partial charge in [-0.25, -0.2) is 9.79 Å². The van der Waals surface area contributed by atoms with Gasteiger partial charge in [0, 0.05) is 6.42 Å². The molecule has 1 amide bonds. The van der Waals surface area contributed by atoms with Crippen molar-refractivity contribution in [3.8, 4) is 5.75 Å². The summed E-state index contributed by atoms with van der Waals surface area (Å²) < 4.78 is 10.4. The molecule has 0 aliphatic carbocycles. The van der Waals surface area contributed by atoms with Gasteiger partial charge in [0.1, 0.15) is 28.7 Å². The molecule has 0 fully saturated rings. The van der Waals surface area contributed by atoms with E-state index < -0.39 is 11.9 Å². The SMILES string of the molecule is C=CCOc1ccc(/C=C2\SC(=NC(=O)CC)C(C(=O)OCC)=C2O)cc1Cl.